The zero-order valence-corrected chi connectivity index (χ0v) is 9.95. The number of halogens is 2. The monoisotopic (exact) mass is 275 g/mol. The van der Waals surface area contributed by atoms with Crippen LogP contribution in [0.15, 0.2) is 18.2 Å². The van der Waals surface area contributed by atoms with Crippen LogP contribution < -0.4 is 5.32 Å². The molecule has 0 aliphatic carbocycles. The van der Waals surface area contributed by atoms with E-state index in [1.54, 1.807) is 0 Å². The van der Waals surface area contributed by atoms with Gasteiger partial charge in [-0.15, -0.1) is 0 Å². The van der Waals surface area contributed by atoms with Crippen molar-refractivity contribution in [3.63, 3.8) is 0 Å². The number of aliphatic hydroxyl groups is 1. The van der Waals surface area contributed by atoms with E-state index in [-0.39, 0.29) is 23.6 Å². The second-order valence-corrected chi connectivity index (χ2v) is 3.91. The van der Waals surface area contributed by atoms with Crippen LogP contribution in [-0.2, 0) is 4.79 Å². The Balaban J connectivity index is 2.83. The predicted octanol–water partition coefficient (Wildman–Crippen LogP) is 1.04. The Hall–Kier alpha value is -1.66. The highest BCUT2D eigenvalue weighted by Gasteiger charge is 2.21. The molecule has 7 heteroatoms. The number of hydrogen-bond acceptors (Lipinski definition) is 3. The van der Waals surface area contributed by atoms with Crippen molar-refractivity contribution < 1.29 is 24.2 Å². The lowest BCUT2D eigenvalue weighted by molar-refractivity contribution is -0.139. The molecule has 1 amide bonds. The van der Waals surface area contributed by atoms with Gasteiger partial charge in [-0.2, -0.15) is 0 Å². The van der Waals surface area contributed by atoms with Crippen LogP contribution in [0.25, 0.3) is 0 Å². The molecule has 1 aromatic carbocycles. The summed E-state index contributed by atoms with van der Waals surface area (Å²) in [6, 6.07) is 1.94. The fraction of sp³-hybridized carbons (Fsp3) is 0.273. The van der Waals surface area contributed by atoms with Crippen LogP contribution in [0.2, 0.25) is 5.02 Å². The summed E-state index contributed by atoms with van der Waals surface area (Å²) in [5.41, 5.74) is -0.0257. The molecule has 1 aromatic rings. The van der Waals surface area contributed by atoms with Crippen LogP contribution >= 0.6 is 11.6 Å². The lowest BCUT2D eigenvalue weighted by Crippen LogP contribution is -2.41. The van der Waals surface area contributed by atoms with E-state index >= 15 is 0 Å². The fourth-order valence-electron chi connectivity index (χ4n) is 1.30. The predicted molar refractivity (Wildman–Crippen MR) is 62.0 cm³/mol. The normalized spacial score (nSPS) is 11.9. The second kappa shape index (κ2) is 6.32. The number of carbonyl (C=O) groups is 2. The highest BCUT2D eigenvalue weighted by Crippen LogP contribution is 2.17. The third kappa shape index (κ3) is 3.68. The molecule has 0 aromatic heterocycles. The largest absolute Gasteiger partial charge is 0.480 e. The molecule has 0 bridgehead atoms. The first-order valence-electron chi connectivity index (χ1n) is 5.05. The molecule has 0 aliphatic rings. The highest BCUT2D eigenvalue weighted by atomic mass is 35.5. The number of nitrogens with one attached hydrogen (secondary N) is 1. The van der Waals surface area contributed by atoms with E-state index in [4.69, 9.17) is 21.8 Å². The quantitative estimate of drug-likeness (QED) is 0.749. The number of rotatable bonds is 5. The van der Waals surface area contributed by atoms with Gasteiger partial charge in [0.2, 0.25) is 0 Å². The van der Waals surface area contributed by atoms with Gasteiger partial charge in [0.1, 0.15) is 11.9 Å². The van der Waals surface area contributed by atoms with E-state index in [1.165, 1.54) is 0 Å². The average Bonchev–Trinajstić information content (AvgIpc) is 2.27. The summed E-state index contributed by atoms with van der Waals surface area (Å²) in [6.07, 6.45) is -0.125. The highest BCUT2D eigenvalue weighted by molar-refractivity contribution is 6.33. The molecule has 0 spiro atoms. The Morgan fingerprint density at radius 2 is 2.11 bits per heavy atom. The number of carboxylic acid groups (broad SMARTS) is 1. The van der Waals surface area contributed by atoms with E-state index in [9.17, 15) is 14.0 Å². The molecule has 18 heavy (non-hydrogen) atoms. The van der Waals surface area contributed by atoms with Gasteiger partial charge in [0.25, 0.3) is 5.91 Å². The standard InChI is InChI=1S/C11H11ClFNO4/c12-8-5-6(13)1-2-7(8)10(16)14-9(3-4-15)11(17)18/h1-2,5,9,15H,3-4H2,(H,14,16)(H,17,18)/t9-/m0/s1. The molecule has 3 N–H and O–H groups in total. The Bertz CT molecular complexity index is 466. The first kappa shape index (κ1) is 14.4. The Kier molecular flexibility index (Phi) is 5.06. The first-order valence-corrected chi connectivity index (χ1v) is 5.43. The summed E-state index contributed by atoms with van der Waals surface area (Å²) in [6.45, 7) is -0.381. The van der Waals surface area contributed by atoms with Crippen molar-refractivity contribution in [1.82, 2.24) is 5.32 Å². The lowest BCUT2D eigenvalue weighted by atomic mass is 10.1. The number of hydrogen-bond donors (Lipinski definition) is 3. The molecule has 0 unspecified atom stereocenters. The number of carboxylic acids is 1. The van der Waals surface area contributed by atoms with Crippen LogP contribution in [-0.4, -0.2) is 34.7 Å². The number of aliphatic carboxylic acids is 1. The van der Waals surface area contributed by atoms with Crippen molar-refractivity contribution in [2.24, 2.45) is 0 Å². The Morgan fingerprint density at radius 1 is 1.44 bits per heavy atom. The molecule has 0 saturated carbocycles. The minimum atomic E-state index is -1.27. The molecule has 1 rings (SSSR count). The summed E-state index contributed by atoms with van der Waals surface area (Å²) in [5, 5.41) is 19.5. The topological polar surface area (TPSA) is 86.6 Å². The maximum absolute atomic E-state index is 12.8. The van der Waals surface area contributed by atoms with Gasteiger partial charge in [0.05, 0.1) is 10.6 Å². The van der Waals surface area contributed by atoms with Crippen LogP contribution in [0.4, 0.5) is 4.39 Å². The molecule has 0 fully saturated rings. The third-order valence-electron chi connectivity index (χ3n) is 2.20. The van der Waals surface area contributed by atoms with Crippen molar-refractivity contribution in [3.8, 4) is 0 Å². The number of carbonyl (C=O) groups excluding carboxylic acids is 1. The van der Waals surface area contributed by atoms with Gasteiger partial charge in [-0.3, -0.25) is 4.79 Å². The van der Waals surface area contributed by atoms with Crippen LogP contribution in [0.5, 0.6) is 0 Å². The van der Waals surface area contributed by atoms with Gasteiger partial charge in [0.15, 0.2) is 0 Å². The maximum atomic E-state index is 12.8. The van der Waals surface area contributed by atoms with Gasteiger partial charge in [-0.05, 0) is 18.2 Å². The molecule has 0 aliphatic heterocycles. The molecule has 0 saturated heterocycles. The third-order valence-corrected chi connectivity index (χ3v) is 2.51. The molecule has 0 radical (unpaired) electrons. The summed E-state index contributed by atoms with van der Waals surface area (Å²) in [4.78, 5) is 22.5. The van der Waals surface area contributed by atoms with Crippen molar-refractivity contribution in [2.75, 3.05) is 6.61 Å². The van der Waals surface area contributed by atoms with E-state index in [1.807, 2.05) is 0 Å². The van der Waals surface area contributed by atoms with E-state index in [0.29, 0.717) is 0 Å². The maximum Gasteiger partial charge on any atom is 0.326 e. The summed E-state index contributed by atoms with van der Waals surface area (Å²) >= 11 is 5.67. The molecule has 0 heterocycles. The van der Waals surface area contributed by atoms with Crippen LogP contribution in [0, 0.1) is 5.82 Å². The number of aliphatic hydroxyl groups excluding tert-OH is 1. The van der Waals surface area contributed by atoms with E-state index < -0.39 is 23.7 Å². The minimum Gasteiger partial charge on any atom is -0.480 e. The van der Waals surface area contributed by atoms with Gasteiger partial charge in [0, 0.05) is 13.0 Å². The van der Waals surface area contributed by atoms with Crippen molar-refractivity contribution >= 4 is 23.5 Å². The smallest absolute Gasteiger partial charge is 0.326 e. The summed E-state index contributed by atoms with van der Waals surface area (Å²) in [5.74, 6) is -2.60. The van der Waals surface area contributed by atoms with Gasteiger partial charge >= 0.3 is 5.97 Å². The first-order chi connectivity index (χ1) is 8.45. The lowest BCUT2D eigenvalue weighted by Gasteiger charge is -2.13. The molecule has 1 atom stereocenters. The molecular formula is C11H11ClFNO4. The SMILES string of the molecule is O=C(N[C@@H](CCO)C(=O)O)c1ccc(F)cc1Cl. The number of amides is 1. The zero-order chi connectivity index (χ0) is 13.7. The second-order valence-electron chi connectivity index (χ2n) is 3.50. The van der Waals surface area contributed by atoms with E-state index in [0.717, 1.165) is 18.2 Å². The Morgan fingerprint density at radius 3 is 2.61 bits per heavy atom. The number of benzene rings is 1. The van der Waals surface area contributed by atoms with E-state index in [2.05, 4.69) is 5.32 Å². The van der Waals surface area contributed by atoms with Gasteiger partial charge in [-0.1, -0.05) is 11.6 Å². The summed E-state index contributed by atoms with van der Waals surface area (Å²) in [7, 11) is 0. The zero-order valence-electron chi connectivity index (χ0n) is 9.19. The minimum absolute atomic E-state index is 0.0257. The van der Waals surface area contributed by atoms with Gasteiger partial charge in [-0.25, -0.2) is 9.18 Å². The Labute approximate surface area is 107 Å². The van der Waals surface area contributed by atoms with Crippen molar-refractivity contribution in [1.29, 1.82) is 0 Å². The fourth-order valence-corrected chi connectivity index (χ4v) is 1.55. The van der Waals surface area contributed by atoms with Crippen LogP contribution in [0.3, 0.4) is 0 Å². The summed E-state index contributed by atoms with van der Waals surface area (Å²) < 4.78 is 12.8. The molecule has 5 nitrogen and oxygen atoms in total. The van der Waals surface area contributed by atoms with Crippen molar-refractivity contribution in [3.05, 3.63) is 34.6 Å². The van der Waals surface area contributed by atoms with Crippen molar-refractivity contribution in [2.45, 2.75) is 12.5 Å². The molecule has 98 valence electrons. The average molecular weight is 276 g/mol. The molecular weight excluding hydrogens is 265 g/mol. The van der Waals surface area contributed by atoms with Crippen LogP contribution in [0.1, 0.15) is 16.8 Å². The van der Waals surface area contributed by atoms with Gasteiger partial charge < -0.3 is 15.5 Å².